The number of imidazole rings is 1. The fraction of sp³-hybridized carbons (Fsp3) is 0.278. The van der Waals surface area contributed by atoms with Crippen LogP contribution >= 0.6 is 0 Å². The van der Waals surface area contributed by atoms with Gasteiger partial charge in [-0.25, -0.2) is 14.0 Å². The second kappa shape index (κ2) is 5.63. The number of H-pyrrole nitrogens is 1. The maximum Gasteiger partial charge on any atom is 0.139 e. The summed E-state index contributed by atoms with van der Waals surface area (Å²) in [4.78, 5) is 10.3. The van der Waals surface area contributed by atoms with E-state index in [-0.39, 0.29) is 11.9 Å². The van der Waals surface area contributed by atoms with Crippen molar-refractivity contribution >= 4 is 22.1 Å². The lowest BCUT2D eigenvalue weighted by Gasteiger charge is -2.22. The Morgan fingerprint density at radius 2 is 2.16 bits per heavy atom. The second-order valence-corrected chi connectivity index (χ2v) is 6.46. The maximum atomic E-state index is 13.4. The lowest BCUT2D eigenvalue weighted by molar-refractivity contribution is 0.241. The molecule has 0 aliphatic carbocycles. The highest BCUT2D eigenvalue weighted by Gasteiger charge is 2.29. The van der Waals surface area contributed by atoms with Crippen molar-refractivity contribution in [2.24, 2.45) is 0 Å². The molecule has 1 aliphatic rings. The molecule has 5 rings (SSSR count). The van der Waals surface area contributed by atoms with Crippen LogP contribution in [0.2, 0.25) is 0 Å². The van der Waals surface area contributed by atoms with Crippen molar-refractivity contribution in [1.82, 2.24) is 25.2 Å². The Hall–Kier alpha value is -2.80. The Morgan fingerprint density at radius 1 is 1.20 bits per heavy atom. The lowest BCUT2D eigenvalue weighted by atomic mass is 10.1. The summed E-state index contributed by atoms with van der Waals surface area (Å²) < 4.78 is 18.3. The molecule has 3 heterocycles. The molecule has 4 aromatic rings. The summed E-state index contributed by atoms with van der Waals surface area (Å²) in [5.74, 6) is 0.639. The molecule has 0 saturated carbocycles. The van der Waals surface area contributed by atoms with Gasteiger partial charge in [0, 0.05) is 6.54 Å². The largest absolute Gasteiger partial charge is 0.341 e. The van der Waals surface area contributed by atoms with Gasteiger partial charge in [-0.15, -0.1) is 0 Å². The number of benzene rings is 2. The van der Waals surface area contributed by atoms with Crippen LogP contribution in [0.15, 0.2) is 41.0 Å². The van der Waals surface area contributed by atoms with Crippen molar-refractivity contribution in [3.63, 3.8) is 0 Å². The van der Waals surface area contributed by atoms with E-state index >= 15 is 0 Å². The highest BCUT2D eigenvalue weighted by molar-refractivity contribution is 5.77. The Labute approximate surface area is 142 Å². The molecule has 1 unspecified atom stereocenters. The van der Waals surface area contributed by atoms with Crippen LogP contribution in [-0.2, 0) is 6.54 Å². The summed E-state index contributed by atoms with van der Waals surface area (Å²) >= 11 is 0. The van der Waals surface area contributed by atoms with Crippen LogP contribution in [0.3, 0.4) is 0 Å². The summed E-state index contributed by atoms with van der Waals surface area (Å²) in [5, 5.41) is 7.93. The van der Waals surface area contributed by atoms with Crippen molar-refractivity contribution in [2.75, 3.05) is 6.54 Å². The van der Waals surface area contributed by atoms with Crippen LogP contribution in [0.5, 0.6) is 0 Å². The van der Waals surface area contributed by atoms with Gasteiger partial charge in [0.15, 0.2) is 0 Å². The van der Waals surface area contributed by atoms with Gasteiger partial charge in [0.2, 0.25) is 0 Å². The summed E-state index contributed by atoms with van der Waals surface area (Å²) in [6, 6.07) is 10.7. The Kier molecular flexibility index (Phi) is 3.27. The summed E-state index contributed by atoms with van der Waals surface area (Å²) in [6.45, 7) is 1.74. The maximum absolute atomic E-state index is 13.4. The molecule has 1 aliphatic heterocycles. The predicted molar refractivity (Wildman–Crippen MR) is 90.2 cm³/mol. The smallest absolute Gasteiger partial charge is 0.139 e. The highest BCUT2D eigenvalue weighted by Crippen LogP contribution is 2.33. The average molecular weight is 337 g/mol. The first kappa shape index (κ1) is 14.5. The van der Waals surface area contributed by atoms with E-state index in [1.54, 1.807) is 6.07 Å². The summed E-state index contributed by atoms with van der Waals surface area (Å²) in [6.07, 6.45) is 2.12. The van der Waals surface area contributed by atoms with E-state index in [1.807, 2.05) is 12.1 Å². The van der Waals surface area contributed by atoms with E-state index < -0.39 is 0 Å². The SMILES string of the molecule is Fc1ccc2nc(C3CCCN3Cc3cccc4nonc34)[nH]c2c1. The van der Waals surface area contributed by atoms with Crippen molar-refractivity contribution in [2.45, 2.75) is 25.4 Å². The van der Waals surface area contributed by atoms with Gasteiger partial charge < -0.3 is 4.98 Å². The number of aromatic nitrogens is 4. The van der Waals surface area contributed by atoms with Gasteiger partial charge in [0.05, 0.1) is 17.1 Å². The number of rotatable bonds is 3. The van der Waals surface area contributed by atoms with Gasteiger partial charge in [-0.3, -0.25) is 4.90 Å². The molecule has 1 atom stereocenters. The third-order valence-corrected chi connectivity index (χ3v) is 4.88. The third kappa shape index (κ3) is 2.47. The van der Waals surface area contributed by atoms with E-state index in [9.17, 15) is 4.39 Å². The molecular formula is C18H16FN5O. The molecule has 126 valence electrons. The zero-order valence-corrected chi connectivity index (χ0v) is 13.4. The number of hydrogen-bond donors (Lipinski definition) is 1. The van der Waals surface area contributed by atoms with Gasteiger partial charge in [-0.2, -0.15) is 0 Å². The summed E-state index contributed by atoms with van der Waals surface area (Å²) in [5.41, 5.74) is 4.20. The van der Waals surface area contributed by atoms with E-state index in [1.165, 1.54) is 12.1 Å². The molecule has 0 bridgehead atoms. The van der Waals surface area contributed by atoms with Crippen molar-refractivity contribution in [3.8, 4) is 0 Å². The van der Waals surface area contributed by atoms with Crippen LogP contribution in [-0.4, -0.2) is 31.7 Å². The molecule has 1 fully saturated rings. The first-order chi connectivity index (χ1) is 12.3. The number of nitrogens with zero attached hydrogens (tertiary/aromatic N) is 4. The van der Waals surface area contributed by atoms with Crippen molar-refractivity contribution in [1.29, 1.82) is 0 Å². The quantitative estimate of drug-likeness (QED) is 0.619. The van der Waals surface area contributed by atoms with Gasteiger partial charge >= 0.3 is 0 Å². The number of fused-ring (bicyclic) bond motifs is 2. The Balaban J connectivity index is 1.47. The Bertz CT molecular complexity index is 1060. The molecule has 0 radical (unpaired) electrons. The first-order valence-electron chi connectivity index (χ1n) is 8.37. The topological polar surface area (TPSA) is 70.8 Å². The van der Waals surface area contributed by atoms with E-state index in [4.69, 9.17) is 4.63 Å². The zero-order valence-electron chi connectivity index (χ0n) is 13.4. The van der Waals surface area contributed by atoms with Gasteiger partial charge in [-0.1, -0.05) is 12.1 Å². The minimum Gasteiger partial charge on any atom is -0.341 e. The molecule has 0 amide bonds. The van der Waals surface area contributed by atoms with Crippen molar-refractivity contribution < 1.29 is 9.02 Å². The number of aromatic amines is 1. The molecule has 6 nitrogen and oxygen atoms in total. The van der Waals surface area contributed by atoms with Crippen LogP contribution in [0.4, 0.5) is 4.39 Å². The van der Waals surface area contributed by atoms with E-state index in [0.29, 0.717) is 0 Å². The molecule has 2 aromatic carbocycles. The fourth-order valence-corrected chi connectivity index (χ4v) is 3.69. The fourth-order valence-electron chi connectivity index (χ4n) is 3.69. The van der Waals surface area contributed by atoms with Crippen LogP contribution in [0.1, 0.15) is 30.3 Å². The first-order valence-corrected chi connectivity index (χ1v) is 8.37. The van der Waals surface area contributed by atoms with Gasteiger partial charge in [0.25, 0.3) is 0 Å². The summed E-state index contributed by atoms with van der Waals surface area (Å²) in [7, 11) is 0. The third-order valence-electron chi connectivity index (χ3n) is 4.88. The number of nitrogens with one attached hydrogen (secondary N) is 1. The normalized spacial score (nSPS) is 18.5. The van der Waals surface area contributed by atoms with Crippen LogP contribution < -0.4 is 0 Å². The minimum atomic E-state index is -0.254. The molecule has 1 N–H and O–H groups in total. The van der Waals surface area contributed by atoms with Gasteiger partial charge in [0.1, 0.15) is 22.7 Å². The second-order valence-electron chi connectivity index (χ2n) is 6.46. The van der Waals surface area contributed by atoms with Crippen LogP contribution in [0, 0.1) is 5.82 Å². The number of likely N-dealkylation sites (tertiary alicyclic amines) is 1. The molecule has 0 spiro atoms. The van der Waals surface area contributed by atoms with E-state index in [0.717, 1.165) is 59.4 Å². The standard InChI is InChI=1S/C18H16FN5O/c19-12-6-7-13-15(9-12)21-18(20-13)16-5-2-8-24(16)10-11-3-1-4-14-17(11)23-25-22-14/h1,3-4,6-7,9,16H,2,5,8,10H2,(H,20,21). The molecular weight excluding hydrogens is 321 g/mol. The number of hydrogen-bond acceptors (Lipinski definition) is 5. The Morgan fingerprint density at radius 3 is 3.12 bits per heavy atom. The monoisotopic (exact) mass is 337 g/mol. The molecule has 2 aromatic heterocycles. The number of halogens is 1. The predicted octanol–water partition coefficient (Wildman–Crippen LogP) is 3.58. The highest BCUT2D eigenvalue weighted by atomic mass is 19.1. The van der Waals surface area contributed by atoms with Gasteiger partial charge in [-0.05, 0) is 59.5 Å². The van der Waals surface area contributed by atoms with Crippen LogP contribution in [0.25, 0.3) is 22.1 Å². The van der Waals surface area contributed by atoms with Crippen molar-refractivity contribution in [3.05, 3.63) is 53.6 Å². The lowest BCUT2D eigenvalue weighted by Crippen LogP contribution is -2.23. The van der Waals surface area contributed by atoms with E-state index in [2.05, 4.69) is 31.2 Å². The zero-order chi connectivity index (χ0) is 16.8. The molecule has 7 heteroatoms. The average Bonchev–Trinajstić information content (AvgIpc) is 3.33. The minimum absolute atomic E-state index is 0.186. The molecule has 25 heavy (non-hydrogen) atoms. The molecule has 1 saturated heterocycles.